The van der Waals surface area contributed by atoms with Gasteiger partial charge >= 0.3 is 5.97 Å². The van der Waals surface area contributed by atoms with Crippen LogP contribution < -0.4 is 0 Å². The molecule has 0 atom stereocenters. The zero-order chi connectivity index (χ0) is 12.3. The van der Waals surface area contributed by atoms with Crippen molar-refractivity contribution in [3.05, 3.63) is 29.7 Å². The Labute approximate surface area is 97.9 Å². The van der Waals surface area contributed by atoms with Gasteiger partial charge in [-0.3, -0.25) is 0 Å². The highest BCUT2D eigenvalue weighted by Gasteiger charge is 2.12. The molecule has 0 unspecified atom stereocenters. The Morgan fingerprint density at radius 2 is 2.41 bits per heavy atom. The number of methoxy groups -OCH3 is 1. The molecule has 0 amide bonds. The van der Waals surface area contributed by atoms with Crippen molar-refractivity contribution in [2.45, 2.75) is 12.8 Å². The van der Waals surface area contributed by atoms with E-state index >= 15 is 0 Å². The number of carboxylic acids is 1. The van der Waals surface area contributed by atoms with Crippen LogP contribution in [0.1, 0.15) is 22.6 Å². The van der Waals surface area contributed by atoms with Crippen molar-refractivity contribution < 1.29 is 14.6 Å². The number of hydrogen-bond acceptors (Lipinski definition) is 4. The number of aromatic carboxylic acids is 1. The Balaban J connectivity index is 2.30. The summed E-state index contributed by atoms with van der Waals surface area (Å²) in [6.07, 6.45) is 3.18. The Morgan fingerprint density at radius 1 is 1.59 bits per heavy atom. The van der Waals surface area contributed by atoms with Crippen molar-refractivity contribution in [2.24, 2.45) is 0 Å². The van der Waals surface area contributed by atoms with E-state index in [-0.39, 0.29) is 5.56 Å². The van der Waals surface area contributed by atoms with Crippen LogP contribution in [0.4, 0.5) is 0 Å². The lowest BCUT2D eigenvalue weighted by atomic mass is 10.3. The molecule has 2 rings (SSSR count). The summed E-state index contributed by atoms with van der Waals surface area (Å²) in [7, 11) is 1.64. The van der Waals surface area contributed by atoms with E-state index in [1.165, 1.54) is 10.6 Å². The van der Waals surface area contributed by atoms with Crippen LogP contribution in [0.25, 0.3) is 5.65 Å². The largest absolute Gasteiger partial charge is 0.478 e. The summed E-state index contributed by atoms with van der Waals surface area (Å²) in [4.78, 5) is 15.2. The molecule has 0 aromatic carbocycles. The number of carboxylic acid groups (broad SMARTS) is 1. The van der Waals surface area contributed by atoms with Gasteiger partial charge in [0.25, 0.3) is 0 Å². The van der Waals surface area contributed by atoms with Crippen molar-refractivity contribution in [1.82, 2.24) is 14.6 Å². The maximum Gasteiger partial charge on any atom is 0.339 e. The summed E-state index contributed by atoms with van der Waals surface area (Å²) in [5, 5.41) is 13.2. The average molecular weight is 235 g/mol. The molecule has 17 heavy (non-hydrogen) atoms. The number of ether oxygens (including phenoxy) is 1. The molecule has 2 heterocycles. The summed E-state index contributed by atoms with van der Waals surface area (Å²) in [6.45, 7) is 0.640. The number of rotatable bonds is 5. The minimum absolute atomic E-state index is 0.165. The van der Waals surface area contributed by atoms with Crippen LogP contribution in [-0.4, -0.2) is 39.4 Å². The highest BCUT2D eigenvalue weighted by atomic mass is 16.5. The second kappa shape index (κ2) is 4.92. The third-order valence-corrected chi connectivity index (χ3v) is 2.39. The standard InChI is InChI=1S/C11H13N3O3/c1-17-7-3-5-9-12-10-8(11(15)16)4-2-6-14(10)13-9/h2,4,6H,3,5,7H2,1H3,(H,15,16). The minimum atomic E-state index is -0.994. The smallest absolute Gasteiger partial charge is 0.339 e. The quantitative estimate of drug-likeness (QED) is 0.782. The fourth-order valence-electron chi connectivity index (χ4n) is 1.60. The van der Waals surface area contributed by atoms with E-state index in [4.69, 9.17) is 9.84 Å². The number of aryl methyl sites for hydroxylation is 1. The SMILES string of the molecule is COCCCc1nc2c(C(=O)O)cccn2n1. The Hall–Kier alpha value is -1.95. The lowest BCUT2D eigenvalue weighted by molar-refractivity contribution is 0.0698. The van der Waals surface area contributed by atoms with E-state index < -0.39 is 5.97 Å². The maximum atomic E-state index is 11.0. The van der Waals surface area contributed by atoms with Gasteiger partial charge in [-0.05, 0) is 18.6 Å². The molecule has 2 aromatic rings. The zero-order valence-electron chi connectivity index (χ0n) is 9.46. The lowest BCUT2D eigenvalue weighted by Crippen LogP contribution is -2.00. The monoisotopic (exact) mass is 235 g/mol. The minimum Gasteiger partial charge on any atom is -0.478 e. The van der Waals surface area contributed by atoms with Crippen LogP contribution in [0.3, 0.4) is 0 Å². The highest BCUT2D eigenvalue weighted by molar-refractivity contribution is 5.94. The van der Waals surface area contributed by atoms with Crippen molar-refractivity contribution in [3.63, 3.8) is 0 Å². The molecule has 0 fully saturated rings. The molecule has 6 heteroatoms. The van der Waals surface area contributed by atoms with Gasteiger partial charge in [0.1, 0.15) is 5.56 Å². The number of aromatic nitrogens is 3. The van der Waals surface area contributed by atoms with Crippen LogP contribution in [0, 0.1) is 0 Å². The van der Waals surface area contributed by atoms with Crippen LogP contribution in [0.2, 0.25) is 0 Å². The number of carbonyl (C=O) groups is 1. The van der Waals surface area contributed by atoms with Crippen molar-refractivity contribution in [2.75, 3.05) is 13.7 Å². The van der Waals surface area contributed by atoms with Gasteiger partial charge in [0.05, 0.1) is 0 Å². The normalized spacial score (nSPS) is 10.9. The number of hydrogen-bond donors (Lipinski definition) is 1. The topological polar surface area (TPSA) is 76.7 Å². The van der Waals surface area contributed by atoms with Gasteiger partial charge < -0.3 is 9.84 Å². The average Bonchev–Trinajstić information content (AvgIpc) is 2.71. The predicted molar refractivity (Wildman–Crippen MR) is 60.1 cm³/mol. The number of fused-ring (bicyclic) bond motifs is 1. The van der Waals surface area contributed by atoms with E-state index in [0.717, 1.165) is 6.42 Å². The first-order valence-electron chi connectivity index (χ1n) is 5.29. The molecule has 0 saturated carbocycles. The summed E-state index contributed by atoms with van der Waals surface area (Å²) in [6, 6.07) is 3.16. The van der Waals surface area contributed by atoms with E-state index in [1.807, 2.05) is 0 Å². The number of nitrogens with zero attached hydrogens (tertiary/aromatic N) is 3. The lowest BCUT2D eigenvalue weighted by Gasteiger charge is -1.94. The van der Waals surface area contributed by atoms with Gasteiger partial charge in [0, 0.05) is 26.3 Å². The van der Waals surface area contributed by atoms with Crippen molar-refractivity contribution in [3.8, 4) is 0 Å². The molecule has 0 spiro atoms. The molecular weight excluding hydrogens is 222 g/mol. The fourth-order valence-corrected chi connectivity index (χ4v) is 1.60. The molecule has 0 radical (unpaired) electrons. The number of pyridine rings is 1. The van der Waals surface area contributed by atoms with Gasteiger partial charge in [-0.1, -0.05) is 0 Å². The molecule has 0 aliphatic rings. The summed E-state index contributed by atoms with van der Waals surface area (Å²) in [5.74, 6) is -0.359. The van der Waals surface area contributed by atoms with Crippen LogP contribution in [0.15, 0.2) is 18.3 Å². The highest BCUT2D eigenvalue weighted by Crippen LogP contribution is 2.09. The molecule has 0 saturated heterocycles. The summed E-state index contributed by atoms with van der Waals surface area (Å²) >= 11 is 0. The van der Waals surface area contributed by atoms with E-state index in [2.05, 4.69) is 10.1 Å². The van der Waals surface area contributed by atoms with Gasteiger partial charge in [-0.25, -0.2) is 14.3 Å². The molecule has 0 bridgehead atoms. The predicted octanol–water partition coefficient (Wildman–Crippen LogP) is 1.01. The molecule has 90 valence electrons. The van der Waals surface area contributed by atoms with Gasteiger partial charge in [0.15, 0.2) is 11.5 Å². The molecule has 2 aromatic heterocycles. The van der Waals surface area contributed by atoms with Crippen molar-refractivity contribution in [1.29, 1.82) is 0 Å². The van der Waals surface area contributed by atoms with Gasteiger partial charge in [-0.2, -0.15) is 5.10 Å². The fraction of sp³-hybridized carbons (Fsp3) is 0.364. The van der Waals surface area contributed by atoms with Gasteiger partial charge in [0.2, 0.25) is 0 Å². The van der Waals surface area contributed by atoms with Crippen molar-refractivity contribution >= 4 is 11.6 Å². The third-order valence-electron chi connectivity index (χ3n) is 2.39. The Bertz CT molecular complexity index is 536. The second-order valence-electron chi connectivity index (χ2n) is 3.62. The molecule has 1 N–H and O–H groups in total. The molecule has 6 nitrogen and oxygen atoms in total. The summed E-state index contributed by atoms with van der Waals surface area (Å²) < 4.78 is 6.43. The molecule has 0 aliphatic carbocycles. The molecule has 0 aliphatic heterocycles. The van der Waals surface area contributed by atoms with Crippen LogP contribution in [0.5, 0.6) is 0 Å². The summed E-state index contributed by atoms with van der Waals surface area (Å²) in [5.41, 5.74) is 0.547. The first-order chi connectivity index (χ1) is 8.22. The third kappa shape index (κ3) is 2.42. The zero-order valence-corrected chi connectivity index (χ0v) is 9.46. The van der Waals surface area contributed by atoms with Crippen LogP contribution >= 0.6 is 0 Å². The Kier molecular flexibility index (Phi) is 3.34. The van der Waals surface area contributed by atoms with E-state index in [9.17, 15) is 4.79 Å². The Morgan fingerprint density at radius 3 is 3.12 bits per heavy atom. The van der Waals surface area contributed by atoms with E-state index in [1.54, 1.807) is 19.4 Å². The maximum absolute atomic E-state index is 11.0. The van der Waals surface area contributed by atoms with E-state index in [0.29, 0.717) is 24.5 Å². The second-order valence-corrected chi connectivity index (χ2v) is 3.62. The molecular formula is C11H13N3O3. The van der Waals surface area contributed by atoms with Gasteiger partial charge in [-0.15, -0.1) is 0 Å². The first kappa shape index (κ1) is 11.5. The van der Waals surface area contributed by atoms with Crippen LogP contribution in [-0.2, 0) is 11.2 Å². The first-order valence-corrected chi connectivity index (χ1v) is 5.29.